The van der Waals surface area contributed by atoms with E-state index >= 15 is 0 Å². The van der Waals surface area contributed by atoms with Crippen LogP contribution in [-0.2, 0) is 9.53 Å². The second-order valence-corrected chi connectivity index (χ2v) is 9.49. The van der Waals surface area contributed by atoms with Gasteiger partial charge in [0.05, 0.1) is 15.7 Å². The Hall–Kier alpha value is -2.39. The number of carbonyl (C=O) groups excluding carboxylic acids is 2. The highest BCUT2D eigenvalue weighted by Crippen LogP contribution is 2.31. The number of ether oxygens (including phenoxy) is 1. The molecule has 32 heavy (non-hydrogen) atoms. The van der Waals surface area contributed by atoms with Crippen LogP contribution in [0.3, 0.4) is 0 Å². The number of benzene rings is 2. The summed E-state index contributed by atoms with van der Waals surface area (Å²) in [5.41, 5.74) is 2.61. The van der Waals surface area contributed by atoms with Crippen molar-refractivity contribution < 1.29 is 18.7 Å². The average Bonchev–Trinajstić information content (AvgIpc) is 3.35. The minimum Gasteiger partial charge on any atom is -0.449 e. The van der Waals surface area contributed by atoms with E-state index < -0.39 is 18.0 Å². The lowest BCUT2D eigenvalue weighted by atomic mass is 10.1. The zero-order chi connectivity index (χ0) is 23.0. The van der Waals surface area contributed by atoms with Gasteiger partial charge in [0.1, 0.15) is 5.58 Å². The first-order valence-corrected chi connectivity index (χ1v) is 11.8. The SMILES string of the molecule is Cc1c(C(=O)O[C@@H](C)C(=O)Nc2nc(-c3ccc(Cl)c(Cl)c3)cs2)oc2ccc(Br)cc12. The Morgan fingerprint density at radius 3 is 2.72 bits per heavy atom. The zero-order valence-corrected chi connectivity index (χ0v) is 20.7. The van der Waals surface area contributed by atoms with Crippen molar-refractivity contribution in [2.75, 3.05) is 5.32 Å². The Kier molecular flexibility index (Phi) is 6.57. The van der Waals surface area contributed by atoms with E-state index in [2.05, 4.69) is 26.2 Å². The van der Waals surface area contributed by atoms with E-state index in [0.29, 0.717) is 32.0 Å². The van der Waals surface area contributed by atoms with Gasteiger partial charge in [0.25, 0.3) is 5.91 Å². The van der Waals surface area contributed by atoms with Crippen molar-refractivity contribution in [1.82, 2.24) is 4.98 Å². The maximum absolute atomic E-state index is 12.6. The number of nitrogens with zero attached hydrogens (tertiary/aromatic N) is 1. The van der Waals surface area contributed by atoms with Crippen LogP contribution >= 0.6 is 50.5 Å². The van der Waals surface area contributed by atoms with Crippen molar-refractivity contribution >= 4 is 78.4 Å². The molecule has 4 rings (SSSR count). The molecule has 164 valence electrons. The van der Waals surface area contributed by atoms with Crippen molar-refractivity contribution in [3.63, 3.8) is 0 Å². The molecule has 0 fully saturated rings. The number of esters is 1. The summed E-state index contributed by atoms with van der Waals surface area (Å²) in [6.07, 6.45) is -1.06. The number of furan rings is 1. The highest BCUT2D eigenvalue weighted by molar-refractivity contribution is 9.10. The van der Waals surface area contributed by atoms with Gasteiger partial charge in [0, 0.05) is 26.4 Å². The van der Waals surface area contributed by atoms with Crippen molar-refractivity contribution in [1.29, 1.82) is 0 Å². The summed E-state index contributed by atoms with van der Waals surface area (Å²) in [7, 11) is 0. The molecule has 0 saturated heterocycles. The number of halogens is 3. The van der Waals surface area contributed by atoms with Crippen LogP contribution in [0.1, 0.15) is 23.0 Å². The third-order valence-corrected chi connectivity index (χ3v) is 6.68. The van der Waals surface area contributed by atoms with Gasteiger partial charge >= 0.3 is 5.97 Å². The first-order valence-electron chi connectivity index (χ1n) is 9.34. The molecule has 4 aromatic rings. The van der Waals surface area contributed by atoms with Gasteiger partial charge in [0.15, 0.2) is 11.2 Å². The van der Waals surface area contributed by atoms with E-state index in [0.717, 1.165) is 15.4 Å². The monoisotopic (exact) mass is 552 g/mol. The Labute approximate surface area is 205 Å². The quantitative estimate of drug-likeness (QED) is 0.266. The fourth-order valence-electron chi connectivity index (χ4n) is 2.98. The molecular formula is C22H15BrCl2N2O4S. The molecule has 10 heteroatoms. The van der Waals surface area contributed by atoms with Gasteiger partial charge in [0.2, 0.25) is 5.76 Å². The van der Waals surface area contributed by atoms with Crippen LogP contribution in [0.5, 0.6) is 0 Å². The molecule has 6 nitrogen and oxygen atoms in total. The maximum Gasteiger partial charge on any atom is 0.375 e. The topological polar surface area (TPSA) is 81.4 Å². The number of carbonyl (C=O) groups is 2. The fraction of sp³-hybridized carbons (Fsp3) is 0.136. The summed E-state index contributed by atoms with van der Waals surface area (Å²) in [4.78, 5) is 29.5. The lowest BCUT2D eigenvalue weighted by Gasteiger charge is -2.11. The average molecular weight is 554 g/mol. The number of hydrogen-bond acceptors (Lipinski definition) is 6. The van der Waals surface area contributed by atoms with Crippen molar-refractivity contribution in [3.05, 3.63) is 67.6 Å². The minimum atomic E-state index is -1.06. The standard InChI is InChI=1S/C22H15BrCl2N2O4S/c1-10-14-8-13(23)4-6-18(14)31-19(10)21(29)30-11(2)20(28)27-22-26-17(9-32-22)12-3-5-15(24)16(25)7-12/h3-9,11H,1-2H3,(H,26,27,28)/t11-/m0/s1. The number of aromatic nitrogens is 1. The summed E-state index contributed by atoms with van der Waals surface area (Å²) >= 11 is 16.6. The van der Waals surface area contributed by atoms with E-state index in [4.69, 9.17) is 32.4 Å². The number of thiazole rings is 1. The molecule has 0 spiro atoms. The number of aryl methyl sites for hydroxylation is 1. The molecule has 0 aliphatic rings. The van der Waals surface area contributed by atoms with Crippen LogP contribution in [0.2, 0.25) is 10.0 Å². The van der Waals surface area contributed by atoms with Crippen LogP contribution in [0.25, 0.3) is 22.2 Å². The van der Waals surface area contributed by atoms with Gasteiger partial charge in [-0.2, -0.15) is 0 Å². The highest BCUT2D eigenvalue weighted by Gasteiger charge is 2.25. The smallest absolute Gasteiger partial charge is 0.375 e. The van der Waals surface area contributed by atoms with Crippen LogP contribution in [0.15, 0.2) is 50.7 Å². The number of anilines is 1. The molecule has 0 aliphatic carbocycles. The van der Waals surface area contributed by atoms with Crippen LogP contribution < -0.4 is 5.32 Å². The van der Waals surface area contributed by atoms with Gasteiger partial charge in [-0.25, -0.2) is 9.78 Å². The minimum absolute atomic E-state index is 0.0638. The Balaban J connectivity index is 1.43. The number of nitrogens with one attached hydrogen (secondary N) is 1. The molecule has 0 bridgehead atoms. The third kappa shape index (κ3) is 4.68. The van der Waals surface area contributed by atoms with Gasteiger partial charge in [-0.05, 0) is 44.2 Å². The second kappa shape index (κ2) is 9.23. The second-order valence-electron chi connectivity index (χ2n) is 6.90. The van der Waals surface area contributed by atoms with Crippen molar-refractivity contribution in [3.8, 4) is 11.3 Å². The maximum atomic E-state index is 12.6. The Morgan fingerprint density at radius 1 is 1.19 bits per heavy atom. The molecule has 2 aromatic heterocycles. The van der Waals surface area contributed by atoms with Crippen LogP contribution in [0, 0.1) is 6.92 Å². The highest BCUT2D eigenvalue weighted by atomic mass is 79.9. The van der Waals surface area contributed by atoms with Gasteiger partial charge in [-0.15, -0.1) is 11.3 Å². The molecule has 2 heterocycles. The predicted molar refractivity (Wildman–Crippen MR) is 130 cm³/mol. The molecule has 1 amide bonds. The molecule has 0 unspecified atom stereocenters. The Bertz CT molecular complexity index is 1350. The van der Waals surface area contributed by atoms with E-state index in [1.807, 2.05) is 12.1 Å². The molecule has 0 saturated carbocycles. The summed E-state index contributed by atoms with van der Waals surface area (Å²) in [5, 5.41) is 6.46. The first-order chi connectivity index (χ1) is 15.2. The molecular weight excluding hydrogens is 539 g/mol. The van der Waals surface area contributed by atoms with Gasteiger partial charge < -0.3 is 9.15 Å². The molecule has 1 atom stereocenters. The third-order valence-electron chi connectivity index (χ3n) is 4.69. The van der Waals surface area contributed by atoms with E-state index in [1.165, 1.54) is 18.3 Å². The lowest BCUT2D eigenvalue weighted by molar-refractivity contribution is -0.123. The van der Waals surface area contributed by atoms with Gasteiger partial charge in [-0.3, -0.25) is 10.1 Å². The lowest BCUT2D eigenvalue weighted by Crippen LogP contribution is -2.30. The predicted octanol–water partition coefficient (Wildman–Crippen LogP) is 7.12. The molecule has 1 N–H and O–H groups in total. The molecule has 2 aromatic carbocycles. The fourth-order valence-corrected chi connectivity index (χ4v) is 4.36. The summed E-state index contributed by atoms with van der Waals surface area (Å²) in [6, 6.07) is 10.6. The summed E-state index contributed by atoms with van der Waals surface area (Å²) < 4.78 is 11.8. The van der Waals surface area contributed by atoms with E-state index in [1.54, 1.807) is 36.6 Å². The largest absolute Gasteiger partial charge is 0.449 e. The number of hydrogen-bond donors (Lipinski definition) is 1. The first kappa shape index (κ1) is 22.8. The van der Waals surface area contributed by atoms with E-state index in [9.17, 15) is 9.59 Å². The van der Waals surface area contributed by atoms with Crippen LogP contribution in [0.4, 0.5) is 5.13 Å². The number of fused-ring (bicyclic) bond motifs is 1. The normalized spacial score (nSPS) is 12.0. The number of rotatable bonds is 5. The van der Waals surface area contributed by atoms with E-state index in [-0.39, 0.29) is 5.76 Å². The molecule has 0 radical (unpaired) electrons. The summed E-state index contributed by atoms with van der Waals surface area (Å²) in [5.74, 6) is -1.16. The van der Waals surface area contributed by atoms with Crippen molar-refractivity contribution in [2.45, 2.75) is 20.0 Å². The van der Waals surface area contributed by atoms with Gasteiger partial charge in [-0.1, -0.05) is 45.2 Å². The van der Waals surface area contributed by atoms with Crippen LogP contribution in [-0.4, -0.2) is 23.0 Å². The Morgan fingerprint density at radius 2 is 1.97 bits per heavy atom. The van der Waals surface area contributed by atoms with Crippen molar-refractivity contribution in [2.24, 2.45) is 0 Å². The number of amides is 1. The summed E-state index contributed by atoms with van der Waals surface area (Å²) in [6.45, 7) is 3.25. The zero-order valence-electron chi connectivity index (χ0n) is 16.7. The molecule has 0 aliphatic heterocycles.